The van der Waals surface area contributed by atoms with E-state index in [1.54, 1.807) is 12.1 Å². The standard InChI is InChI=1S/C12H16F3NO/c1-2-9-3-5-10(6-4-9)11(7-17)16-8-12(13,14)15/h3-6,11,16-17H,2,7-8H2,1H3. The number of aliphatic hydroxyl groups is 1. The molecule has 1 aromatic carbocycles. The number of halogens is 3. The van der Waals surface area contributed by atoms with Crippen LogP contribution in [0.5, 0.6) is 0 Å². The lowest BCUT2D eigenvalue weighted by Gasteiger charge is -2.18. The minimum Gasteiger partial charge on any atom is -0.394 e. The zero-order chi connectivity index (χ0) is 12.9. The molecule has 17 heavy (non-hydrogen) atoms. The van der Waals surface area contributed by atoms with Crippen LogP contribution < -0.4 is 5.32 Å². The van der Waals surface area contributed by atoms with Gasteiger partial charge in [-0.25, -0.2) is 0 Å². The van der Waals surface area contributed by atoms with Crippen molar-refractivity contribution in [3.63, 3.8) is 0 Å². The van der Waals surface area contributed by atoms with E-state index in [0.29, 0.717) is 5.56 Å². The Kier molecular flexibility index (Phi) is 4.96. The zero-order valence-electron chi connectivity index (χ0n) is 9.59. The molecule has 1 rings (SSSR count). The molecule has 0 amide bonds. The van der Waals surface area contributed by atoms with E-state index >= 15 is 0 Å². The lowest BCUT2D eigenvalue weighted by atomic mass is 10.0. The smallest absolute Gasteiger partial charge is 0.394 e. The summed E-state index contributed by atoms with van der Waals surface area (Å²) in [6, 6.07) is 6.51. The molecule has 1 atom stereocenters. The number of rotatable bonds is 5. The average Bonchev–Trinajstić information content (AvgIpc) is 2.29. The second-order valence-electron chi connectivity index (χ2n) is 3.83. The molecule has 0 bridgehead atoms. The molecule has 0 aliphatic carbocycles. The fourth-order valence-electron chi connectivity index (χ4n) is 1.51. The van der Waals surface area contributed by atoms with Gasteiger partial charge < -0.3 is 5.11 Å². The summed E-state index contributed by atoms with van der Waals surface area (Å²) in [6.45, 7) is 0.537. The van der Waals surface area contributed by atoms with Gasteiger partial charge in [0.2, 0.25) is 0 Å². The minimum absolute atomic E-state index is 0.360. The summed E-state index contributed by atoms with van der Waals surface area (Å²) in [7, 11) is 0. The Balaban J connectivity index is 2.66. The second-order valence-corrected chi connectivity index (χ2v) is 3.83. The molecule has 1 unspecified atom stereocenters. The first-order chi connectivity index (χ1) is 7.96. The van der Waals surface area contributed by atoms with Crippen molar-refractivity contribution < 1.29 is 18.3 Å². The van der Waals surface area contributed by atoms with E-state index < -0.39 is 18.8 Å². The number of nitrogens with one attached hydrogen (secondary N) is 1. The van der Waals surface area contributed by atoms with Gasteiger partial charge in [-0.3, -0.25) is 5.32 Å². The van der Waals surface area contributed by atoms with Gasteiger partial charge in [-0.15, -0.1) is 0 Å². The Hall–Kier alpha value is -1.07. The molecule has 0 heterocycles. The predicted molar refractivity (Wildman–Crippen MR) is 59.7 cm³/mol. The summed E-state index contributed by atoms with van der Waals surface area (Å²) >= 11 is 0. The van der Waals surface area contributed by atoms with Crippen LogP contribution in [0.15, 0.2) is 24.3 Å². The molecule has 0 saturated carbocycles. The van der Waals surface area contributed by atoms with Gasteiger partial charge in [-0.1, -0.05) is 31.2 Å². The summed E-state index contributed by atoms with van der Waals surface area (Å²) in [5, 5.41) is 11.4. The summed E-state index contributed by atoms with van der Waals surface area (Å²) < 4.78 is 36.1. The van der Waals surface area contributed by atoms with Crippen LogP contribution in [-0.2, 0) is 6.42 Å². The van der Waals surface area contributed by atoms with Crippen LogP contribution >= 0.6 is 0 Å². The van der Waals surface area contributed by atoms with Crippen LogP contribution in [0.4, 0.5) is 13.2 Å². The maximum absolute atomic E-state index is 12.0. The highest BCUT2D eigenvalue weighted by Gasteiger charge is 2.28. The molecule has 0 radical (unpaired) electrons. The number of hydrogen-bond donors (Lipinski definition) is 2. The highest BCUT2D eigenvalue weighted by molar-refractivity contribution is 5.25. The van der Waals surface area contributed by atoms with Crippen molar-refractivity contribution in [1.82, 2.24) is 5.32 Å². The predicted octanol–water partition coefficient (Wildman–Crippen LogP) is 2.43. The van der Waals surface area contributed by atoms with E-state index in [-0.39, 0.29) is 6.61 Å². The van der Waals surface area contributed by atoms with E-state index in [4.69, 9.17) is 5.11 Å². The third-order valence-corrected chi connectivity index (χ3v) is 2.52. The first-order valence-corrected chi connectivity index (χ1v) is 5.46. The molecule has 0 spiro atoms. The van der Waals surface area contributed by atoms with Crippen LogP contribution in [-0.4, -0.2) is 24.4 Å². The summed E-state index contributed by atoms with van der Waals surface area (Å²) in [6.07, 6.45) is -3.39. The van der Waals surface area contributed by atoms with Crippen LogP contribution in [0, 0.1) is 0 Å². The van der Waals surface area contributed by atoms with E-state index in [1.165, 1.54) is 0 Å². The Morgan fingerprint density at radius 3 is 2.24 bits per heavy atom. The van der Waals surface area contributed by atoms with Crippen LogP contribution in [0.1, 0.15) is 24.1 Å². The minimum atomic E-state index is -4.27. The maximum Gasteiger partial charge on any atom is 0.401 e. The molecule has 96 valence electrons. The molecule has 5 heteroatoms. The second kappa shape index (κ2) is 6.02. The van der Waals surface area contributed by atoms with E-state index in [1.807, 2.05) is 19.1 Å². The van der Waals surface area contributed by atoms with Crippen molar-refractivity contribution in [2.45, 2.75) is 25.6 Å². The van der Waals surface area contributed by atoms with Crippen molar-refractivity contribution in [2.75, 3.05) is 13.2 Å². The Morgan fingerprint density at radius 1 is 1.24 bits per heavy atom. The monoisotopic (exact) mass is 247 g/mol. The molecule has 0 aliphatic rings. The van der Waals surface area contributed by atoms with E-state index in [2.05, 4.69) is 5.32 Å². The Bertz CT molecular complexity index is 335. The highest BCUT2D eigenvalue weighted by Crippen LogP contribution is 2.18. The van der Waals surface area contributed by atoms with E-state index in [9.17, 15) is 13.2 Å². The van der Waals surface area contributed by atoms with Gasteiger partial charge in [0.05, 0.1) is 19.2 Å². The molecule has 0 saturated heterocycles. The zero-order valence-corrected chi connectivity index (χ0v) is 9.59. The third-order valence-electron chi connectivity index (χ3n) is 2.52. The van der Waals surface area contributed by atoms with Crippen LogP contribution in [0.3, 0.4) is 0 Å². The molecule has 2 N–H and O–H groups in total. The third kappa shape index (κ3) is 4.75. The normalized spacial score (nSPS) is 13.7. The van der Waals surface area contributed by atoms with Gasteiger partial charge in [0.15, 0.2) is 0 Å². The fourth-order valence-corrected chi connectivity index (χ4v) is 1.51. The SMILES string of the molecule is CCc1ccc(C(CO)NCC(F)(F)F)cc1. The number of alkyl halides is 3. The molecular weight excluding hydrogens is 231 g/mol. The van der Waals surface area contributed by atoms with Crippen LogP contribution in [0.25, 0.3) is 0 Å². The first kappa shape index (κ1) is 14.0. The maximum atomic E-state index is 12.0. The fraction of sp³-hybridized carbons (Fsp3) is 0.500. The van der Waals surface area contributed by atoms with Gasteiger partial charge in [-0.05, 0) is 17.5 Å². The lowest BCUT2D eigenvalue weighted by Crippen LogP contribution is -2.33. The summed E-state index contributed by atoms with van der Waals surface area (Å²) in [5.74, 6) is 0. The largest absolute Gasteiger partial charge is 0.401 e. The molecular formula is C12H16F3NO. The number of hydrogen-bond acceptors (Lipinski definition) is 2. The lowest BCUT2D eigenvalue weighted by molar-refractivity contribution is -0.126. The number of aryl methyl sites for hydroxylation is 1. The molecule has 0 aromatic heterocycles. The molecule has 2 nitrogen and oxygen atoms in total. The number of benzene rings is 1. The Labute approximate surface area is 98.5 Å². The summed E-state index contributed by atoms with van der Waals surface area (Å²) in [4.78, 5) is 0. The van der Waals surface area contributed by atoms with Crippen molar-refractivity contribution in [1.29, 1.82) is 0 Å². The van der Waals surface area contributed by atoms with Crippen molar-refractivity contribution >= 4 is 0 Å². The number of aliphatic hydroxyl groups excluding tert-OH is 1. The van der Waals surface area contributed by atoms with Gasteiger partial charge in [0.25, 0.3) is 0 Å². The topological polar surface area (TPSA) is 32.3 Å². The molecule has 0 aliphatic heterocycles. The molecule has 1 aromatic rings. The van der Waals surface area contributed by atoms with Crippen molar-refractivity contribution in [3.05, 3.63) is 35.4 Å². The van der Waals surface area contributed by atoms with Gasteiger partial charge in [-0.2, -0.15) is 13.2 Å². The van der Waals surface area contributed by atoms with Gasteiger partial charge >= 0.3 is 6.18 Å². The average molecular weight is 247 g/mol. The molecule has 0 fully saturated rings. The Morgan fingerprint density at radius 2 is 1.82 bits per heavy atom. The highest BCUT2D eigenvalue weighted by atomic mass is 19.4. The van der Waals surface area contributed by atoms with Crippen molar-refractivity contribution in [2.24, 2.45) is 0 Å². The summed E-state index contributed by atoms with van der Waals surface area (Å²) in [5.41, 5.74) is 1.77. The van der Waals surface area contributed by atoms with Crippen molar-refractivity contribution in [3.8, 4) is 0 Å². The van der Waals surface area contributed by atoms with Gasteiger partial charge in [0.1, 0.15) is 0 Å². The first-order valence-electron chi connectivity index (χ1n) is 5.46. The van der Waals surface area contributed by atoms with E-state index in [0.717, 1.165) is 12.0 Å². The quantitative estimate of drug-likeness (QED) is 0.837. The van der Waals surface area contributed by atoms with Crippen LogP contribution in [0.2, 0.25) is 0 Å². The van der Waals surface area contributed by atoms with Gasteiger partial charge in [0, 0.05) is 0 Å².